The number of fused-ring (bicyclic) bond motifs is 1. The van der Waals surface area contributed by atoms with E-state index in [1.165, 1.54) is 6.07 Å². The molecule has 12 heteroatoms. The Morgan fingerprint density at radius 2 is 2.11 bits per heavy atom. The molecule has 194 valence electrons. The number of aliphatic hydroxyl groups is 3. The van der Waals surface area contributed by atoms with Gasteiger partial charge in [-0.25, -0.2) is 19.0 Å². The zero-order chi connectivity index (χ0) is 32.6. The van der Waals surface area contributed by atoms with Crippen molar-refractivity contribution in [2.24, 2.45) is 0 Å². The molecule has 0 amide bonds. The largest absolute Gasteiger partial charge is 0.394 e. The van der Waals surface area contributed by atoms with E-state index in [1.54, 1.807) is 13.0 Å². The highest BCUT2D eigenvalue weighted by Gasteiger charge is 2.45. The Hall–Kier alpha value is -2.38. The lowest BCUT2D eigenvalue weighted by molar-refractivity contribution is -0.0629. The second-order valence-corrected chi connectivity index (χ2v) is 9.54. The van der Waals surface area contributed by atoms with E-state index < -0.39 is 49.5 Å². The molecule has 0 bridgehead atoms. The van der Waals surface area contributed by atoms with Gasteiger partial charge in [-0.1, -0.05) is 36.0 Å². The number of aliphatic hydroxyl groups excluding tert-OH is 2. The van der Waals surface area contributed by atoms with Crippen molar-refractivity contribution in [3.8, 4) is 0 Å². The number of aromatic nitrogens is 5. The summed E-state index contributed by atoms with van der Waals surface area (Å²) in [5.74, 6) is -0.273. The standard InChI is InChI=1S/C24H31FN6O4S/c1-3-8-36-24-27-22(26-16-10-14(16)13-5-4-12(2)15(25)9-13)19-23(28-24)31(30-29-19)17-11-18(35-7-6-32)21(34)20(17)33/h4-5,9,14,16-18,20-21,32-34H,3,6-8,10-11H2,1-2H3,(H,26,27,28)/t14-,16+,17+,18-,20-,21+/m0/s1/i3D2,6D2,7D2,8D2. The topological polar surface area (TPSA) is 138 Å². The molecular formula is C24H31FN6O4S. The fourth-order valence-electron chi connectivity index (χ4n) is 4.44. The fraction of sp³-hybridized carbons (Fsp3) is 0.583. The van der Waals surface area contributed by atoms with Crippen molar-refractivity contribution in [3.05, 3.63) is 35.1 Å². The number of ether oxygens (including phenoxy) is 1. The van der Waals surface area contributed by atoms with Gasteiger partial charge in [-0.2, -0.15) is 0 Å². The van der Waals surface area contributed by atoms with Crippen LogP contribution in [0, 0.1) is 12.7 Å². The zero-order valence-electron chi connectivity index (χ0n) is 27.4. The summed E-state index contributed by atoms with van der Waals surface area (Å²) in [5.41, 5.74) is -1.12. The van der Waals surface area contributed by atoms with E-state index in [1.807, 2.05) is 6.07 Å². The number of nitrogens with zero attached hydrogens (tertiary/aromatic N) is 5. The third kappa shape index (κ3) is 4.92. The van der Waals surface area contributed by atoms with Crippen molar-refractivity contribution in [1.82, 2.24) is 25.0 Å². The molecule has 3 aromatic rings. The number of benzene rings is 1. The number of hydrogen-bond acceptors (Lipinski definition) is 10. The molecule has 4 N–H and O–H groups in total. The van der Waals surface area contributed by atoms with Gasteiger partial charge in [0.2, 0.25) is 0 Å². The Morgan fingerprint density at radius 1 is 1.28 bits per heavy atom. The van der Waals surface area contributed by atoms with Crippen molar-refractivity contribution in [2.45, 2.75) is 74.5 Å². The monoisotopic (exact) mass is 526 g/mol. The number of aryl methyl sites for hydroxylation is 1. The van der Waals surface area contributed by atoms with Gasteiger partial charge in [-0.15, -0.1) is 5.10 Å². The van der Waals surface area contributed by atoms with Gasteiger partial charge in [0.1, 0.15) is 18.0 Å². The highest BCUT2D eigenvalue weighted by Crippen LogP contribution is 2.44. The second kappa shape index (κ2) is 10.5. The molecule has 2 aliphatic carbocycles. The molecule has 36 heavy (non-hydrogen) atoms. The molecule has 2 heterocycles. The van der Waals surface area contributed by atoms with E-state index in [0.717, 1.165) is 17.2 Å². The Balaban J connectivity index is 1.49. The average Bonchev–Trinajstić information content (AvgIpc) is 3.44. The predicted octanol–water partition coefficient (Wildman–Crippen LogP) is 2.18. The molecule has 10 nitrogen and oxygen atoms in total. The van der Waals surface area contributed by atoms with Gasteiger partial charge >= 0.3 is 0 Å². The lowest BCUT2D eigenvalue weighted by Gasteiger charge is -2.17. The Kier molecular flexibility index (Phi) is 5.03. The van der Waals surface area contributed by atoms with Crippen LogP contribution in [0.25, 0.3) is 11.2 Å². The van der Waals surface area contributed by atoms with Crippen molar-refractivity contribution in [3.63, 3.8) is 0 Å². The van der Waals surface area contributed by atoms with Crippen LogP contribution in [0.4, 0.5) is 10.2 Å². The molecule has 2 fully saturated rings. The first-order chi connectivity index (χ1) is 20.2. The van der Waals surface area contributed by atoms with E-state index in [-0.39, 0.29) is 46.3 Å². The van der Waals surface area contributed by atoms with Crippen LogP contribution < -0.4 is 5.32 Å². The summed E-state index contributed by atoms with van der Waals surface area (Å²) in [4.78, 5) is 8.74. The number of anilines is 1. The summed E-state index contributed by atoms with van der Waals surface area (Å²) in [5, 5.41) is 42.2. The quantitative estimate of drug-likeness (QED) is 0.230. The molecule has 0 spiro atoms. The first-order valence-electron chi connectivity index (χ1n) is 15.3. The summed E-state index contributed by atoms with van der Waals surface area (Å²) in [6.07, 6.45) is -6.78. The van der Waals surface area contributed by atoms with E-state index >= 15 is 0 Å². The van der Waals surface area contributed by atoms with Crippen LogP contribution in [0.15, 0.2) is 23.4 Å². The number of thioether (sulfide) groups is 1. The molecular weight excluding hydrogens is 487 g/mol. The summed E-state index contributed by atoms with van der Waals surface area (Å²) in [6.45, 7) is -3.91. The number of nitrogens with one attached hydrogen (secondary N) is 1. The van der Waals surface area contributed by atoms with Crippen LogP contribution in [0.1, 0.15) is 60.2 Å². The highest BCUT2D eigenvalue weighted by molar-refractivity contribution is 7.99. The molecule has 0 radical (unpaired) electrons. The summed E-state index contributed by atoms with van der Waals surface area (Å²) in [6, 6.07) is 3.64. The zero-order valence-corrected chi connectivity index (χ0v) is 20.2. The van der Waals surface area contributed by atoms with Crippen LogP contribution in [0.2, 0.25) is 0 Å². The molecule has 0 aliphatic heterocycles. The Labute approximate surface area is 223 Å². The third-order valence-electron chi connectivity index (χ3n) is 6.45. The van der Waals surface area contributed by atoms with Gasteiger partial charge < -0.3 is 25.4 Å². The normalized spacial score (nSPS) is 32.5. The molecule has 1 aromatic carbocycles. The van der Waals surface area contributed by atoms with Gasteiger partial charge in [0, 0.05) is 29.6 Å². The first kappa shape index (κ1) is 17.2. The van der Waals surface area contributed by atoms with Gasteiger partial charge in [-0.3, -0.25) is 0 Å². The van der Waals surface area contributed by atoms with E-state index in [0.29, 0.717) is 23.7 Å². The lowest BCUT2D eigenvalue weighted by Crippen LogP contribution is -2.33. The number of rotatable bonds is 10. The maximum atomic E-state index is 14.2. The van der Waals surface area contributed by atoms with Crippen LogP contribution in [0.3, 0.4) is 0 Å². The lowest BCUT2D eigenvalue weighted by atomic mass is 10.1. The molecule has 5 rings (SSSR count). The molecule has 2 aromatic heterocycles. The maximum absolute atomic E-state index is 14.2. The van der Waals surface area contributed by atoms with Gasteiger partial charge in [0.15, 0.2) is 22.1 Å². The van der Waals surface area contributed by atoms with Gasteiger partial charge in [0.05, 0.1) is 30.7 Å². The number of halogens is 1. The molecule has 0 unspecified atom stereocenters. The third-order valence-corrected chi connectivity index (χ3v) is 7.12. The van der Waals surface area contributed by atoms with Crippen molar-refractivity contribution < 1.29 is 35.4 Å². The van der Waals surface area contributed by atoms with Crippen LogP contribution in [-0.4, -0.2) is 83.5 Å². The van der Waals surface area contributed by atoms with Crippen LogP contribution >= 0.6 is 11.8 Å². The van der Waals surface area contributed by atoms with Crippen molar-refractivity contribution in [2.75, 3.05) is 24.1 Å². The van der Waals surface area contributed by atoms with E-state index in [4.69, 9.17) is 15.7 Å². The van der Waals surface area contributed by atoms with E-state index in [2.05, 4.69) is 25.6 Å². The van der Waals surface area contributed by atoms with Crippen molar-refractivity contribution >= 4 is 28.7 Å². The molecule has 2 aliphatic rings. The summed E-state index contributed by atoms with van der Waals surface area (Å²) in [7, 11) is 0. The van der Waals surface area contributed by atoms with Gasteiger partial charge in [-0.05, 0) is 36.9 Å². The summed E-state index contributed by atoms with van der Waals surface area (Å²) >= 11 is 0.419. The minimum atomic E-state index is -3.41. The minimum Gasteiger partial charge on any atom is -0.394 e. The highest BCUT2D eigenvalue weighted by atomic mass is 32.2. The fourth-order valence-corrected chi connectivity index (χ4v) is 4.91. The van der Waals surface area contributed by atoms with Gasteiger partial charge in [0.25, 0.3) is 0 Å². The van der Waals surface area contributed by atoms with Crippen LogP contribution in [-0.2, 0) is 4.74 Å². The Bertz CT molecular complexity index is 1560. The molecule has 6 atom stereocenters. The number of hydrogen-bond donors (Lipinski definition) is 4. The predicted molar refractivity (Wildman–Crippen MR) is 133 cm³/mol. The SMILES string of the molecule is [2H]C([2H])(C)C([2H])([2H])Sc1nc(N[C@@H]2C[C@H]2c2ccc(C)c(F)c2)c2nnn([C@@H]3C[C@H](OC([2H])([2H])C([2H])([2H])O)[C@@H](O)[C@H]3O)c2n1. The van der Waals surface area contributed by atoms with Crippen molar-refractivity contribution in [1.29, 1.82) is 0 Å². The molecule has 2 saturated carbocycles. The smallest absolute Gasteiger partial charge is 0.191 e. The first-order valence-corrected chi connectivity index (χ1v) is 12.1. The Morgan fingerprint density at radius 3 is 2.86 bits per heavy atom. The van der Waals surface area contributed by atoms with Crippen LogP contribution in [0.5, 0.6) is 0 Å². The summed E-state index contributed by atoms with van der Waals surface area (Å²) < 4.78 is 82.6. The average molecular weight is 527 g/mol. The molecule has 0 saturated heterocycles. The van der Waals surface area contributed by atoms with E-state index in [9.17, 15) is 19.7 Å². The maximum Gasteiger partial charge on any atom is 0.191 e. The second-order valence-electron chi connectivity index (χ2n) is 8.77. The minimum absolute atomic E-state index is 0.0200.